The molecule has 0 spiro atoms. The smallest absolute Gasteiger partial charge is 0.289 e. The van der Waals surface area contributed by atoms with Gasteiger partial charge < -0.3 is 16.0 Å². The third-order valence-corrected chi connectivity index (χ3v) is 3.07. The molecule has 0 fully saturated rings. The molecule has 0 aliphatic heterocycles. The van der Waals surface area contributed by atoms with Crippen molar-refractivity contribution in [1.29, 1.82) is 0 Å². The van der Waals surface area contributed by atoms with E-state index in [9.17, 15) is 4.79 Å². The second kappa shape index (κ2) is 8.29. The maximum atomic E-state index is 11.8. The summed E-state index contributed by atoms with van der Waals surface area (Å²) in [4.78, 5) is 23.7. The van der Waals surface area contributed by atoms with E-state index in [1.807, 2.05) is 18.2 Å². The molecular formula is C16H16N8O. The number of nitrogens with one attached hydrogen (secondary N) is 3. The number of pyridine rings is 1. The van der Waals surface area contributed by atoms with Crippen LogP contribution < -0.4 is 16.0 Å². The number of nitrogens with zero attached hydrogens (tertiary/aromatic N) is 5. The first-order valence-electron chi connectivity index (χ1n) is 7.62. The zero-order valence-corrected chi connectivity index (χ0v) is 13.3. The number of amides is 1. The average molecular weight is 336 g/mol. The Morgan fingerprint density at radius 1 is 0.800 bits per heavy atom. The first-order valence-corrected chi connectivity index (χ1v) is 7.62. The summed E-state index contributed by atoms with van der Waals surface area (Å²) in [5.74, 6) is 1.73. The van der Waals surface area contributed by atoms with Crippen LogP contribution in [0.4, 0.5) is 17.5 Å². The lowest BCUT2D eigenvalue weighted by atomic mass is 10.4. The quantitative estimate of drug-likeness (QED) is 0.552. The van der Waals surface area contributed by atoms with Crippen LogP contribution >= 0.6 is 0 Å². The van der Waals surface area contributed by atoms with E-state index in [4.69, 9.17) is 0 Å². The van der Waals surface area contributed by atoms with Gasteiger partial charge in [0.15, 0.2) is 5.82 Å². The Hall–Kier alpha value is -3.62. The standard InChI is InChI=1S/C16H16N8O/c25-16(15-19-8-3-9-20-15)21-11-10-18-13-5-6-14(24-23-13)22-12-4-1-2-7-17-12/h1-9H,10-11H2,(H,18,23)(H,21,25)(H,17,22,24). The van der Waals surface area contributed by atoms with Crippen LogP contribution in [-0.2, 0) is 0 Å². The van der Waals surface area contributed by atoms with Crippen molar-refractivity contribution in [2.24, 2.45) is 0 Å². The minimum atomic E-state index is -0.316. The average Bonchev–Trinajstić information content (AvgIpc) is 2.68. The Balaban J connectivity index is 1.42. The van der Waals surface area contributed by atoms with Gasteiger partial charge in [-0.25, -0.2) is 15.0 Å². The Labute approximate surface area is 144 Å². The third kappa shape index (κ3) is 4.93. The first-order chi connectivity index (χ1) is 12.3. The SMILES string of the molecule is O=C(NCCNc1ccc(Nc2ccccn2)nn1)c1ncccn1. The van der Waals surface area contributed by atoms with Crippen LogP contribution in [0.15, 0.2) is 55.0 Å². The highest BCUT2D eigenvalue weighted by atomic mass is 16.2. The van der Waals surface area contributed by atoms with E-state index in [-0.39, 0.29) is 11.7 Å². The topological polar surface area (TPSA) is 118 Å². The van der Waals surface area contributed by atoms with Gasteiger partial charge in [-0.2, -0.15) is 0 Å². The van der Waals surface area contributed by atoms with Crippen LogP contribution in [0.1, 0.15) is 10.6 Å². The molecule has 0 aliphatic carbocycles. The number of rotatable bonds is 7. The van der Waals surface area contributed by atoms with Crippen molar-refractivity contribution in [1.82, 2.24) is 30.5 Å². The summed E-state index contributed by atoms with van der Waals surface area (Å²) >= 11 is 0. The Bertz CT molecular complexity index is 795. The van der Waals surface area contributed by atoms with E-state index < -0.39 is 0 Å². The molecule has 3 rings (SSSR count). The van der Waals surface area contributed by atoms with Gasteiger partial charge in [0.1, 0.15) is 11.6 Å². The predicted molar refractivity (Wildman–Crippen MR) is 92.4 cm³/mol. The first kappa shape index (κ1) is 16.2. The summed E-state index contributed by atoms with van der Waals surface area (Å²) in [6.45, 7) is 0.910. The van der Waals surface area contributed by atoms with Crippen LogP contribution in [0.2, 0.25) is 0 Å². The number of carbonyl (C=O) groups excluding carboxylic acids is 1. The molecule has 1 amide bonds. The van der Waals surface area contributed by atoms with Gasteiger partial charge in [-0.1, -0.05) is 6.07 Å². The van der Waals surface area contributed by atoms with Crippen molar-refractivity contribution in [2.45, 2.75) is 0 Å². The van der Waals surface area contributed by atoms with E-state index in [1.54, 1.807) is 24.4 Å². The lowest BCUT2D eigenvalue weighted by Gasteiger charge is -2.07. The van der Waals surface area contributed by atoms with Gasteiger partial charge in [-0.3, -0.25) is 4.79 Å². The Kier molecular flexibility index (Phi) is 5.39. The molecule has 0 aliphatic rings. The fourth-order valence-electron chi connectivity index (χ4n) is 1.92. The minimum absolute atomic E-state index is 0.146. The van der Waals surface area contributed by atoms with Gasteiger partial charge in [-0.15, -0.1) is 10.2 Å². The minimum Gasteiger partial charge on any atom is -0.367 e. The summed E-state index contributed by atoms with van der Waals surface area (Å²) in [5, 5.41) is 17.0. The van der Waals surface area contributed by atoms with Gasteiger partial charge in [0.25, 0.3) is 5.91 Å². The van der Waals surface area contributed by atoms with Crippen molar-refractivity contribution in [3.63, 3.8) is 0 Å². The van der Waals surface area contributed by atoms with Crippen molar-refractivity contribution < 1.29 is 4.79 Å². The zero-order valence-electron chi connectivity index (χ0n) is 13.3. The second-order valence-corrected chi connectivity index (χ2v) is 4.90. The Morgan fingerprint density at radius 3 is 2.28 bits per heavy atom. The largest absolute Gasteiger partial charge is 0.367 e. The second-order valence-electron chi connectivity index (χ2n) is 4.90. The zero-order chi connectivity index (χ0) is 17.3. The molecule has 126 valence electrons. The predicted octanol–water partition coefficient (Wildman–Crippen LogP) is 1.25. The number of hydrogen-bond donors (Lipinski definition) is 3. The number of carbonyl (C=O) groups is 1. The molecule has 0 atom stereocenters. The van der Waals surface area contributed by atoms with Crippen LogP contribution in [-0.4, -0.2) is 44.1 Å². The molecular weight excluding hydrogens is 320 g/mol. The number of aromatic nitrogens is 5. The number of anilines is 3. The highest BCUT2D eigenvalue weighted by Gasteiger charge is 2.06. The summed E-state index contributed by atoms with van der Waals surface area (Å²) in [5.41, 5.74) is 0. The van der Waals surface area contributed by atoms with Crippen molar-refractivity contribution >= 4 is 23.4 Å². The molecule has 3 N–H and O–H groups in total. The molecule has 0 unspecified atom stereocenters. The van der Waals surface area contributed by atoms with Crippen LogP contribution in [0, 0.1) is 0 Å². The molecule has 0 saturated carbocycles. The summed E-state index contributed by atoms with van der Waals surface area (Å²) in [6.07, 6.45) is 4.74. The maximum Gasteiger partial charge on any atom is 0.289 e. The third-order valence-electron chi connectivity index (χ3n) is 3.07. The van der Waals surface area contributed by atoms with Crippen molar-refractivity contribution in [3.8, 4) is 0 Å². The molecule has 3 aromatic rings. The molecule has 0 radical (unpaired) electrons. The molecule has 3 aromatic heterocycles. The highest BCUT2D eigenvalue weighted by molar-refractivity contribution is 5.90. The summed E-state index contributed by atoms with van der Waals surface area (Å²) in [7, 11) is 0. The molecule has 9 heteroatoms. The van der Waals surface area contributed by atoms with E-state index in [0.717, 1.165) is 0 Å². The monoisotopic (exact) mass is 336 g/mol. The van der Waals surface area contributed by atoms with E-state index in [2.05, 4.69) is 41.1 Å². The van der Waals surface area contributed by atoms with Gasteiger partial charge in [0.2, 0.25) is 5.82 Å². The summed E-state index contributed by atoms with van der Waals surface area (Å²) in [6, 6.07) is 10.8. The maximum absolute atomic E-state index is 11.8. The van der Waals surface area contributed by atoms with Crippen LogP contribution in [0.25, 0.3) is 0 Å². The fourth-order valence-corrected chi connectivity index (χ4v) is 1.92. The van der Waals surface area contributed by atoms with Gasteiger partial charge in [0.05, 0.1) is 0 Å². The fraction of sp³-hybridized carbons (Fsp3) is 0.125. The summed E-state index contributed by atoms with van der Waals surface area (Å²) < 4.78 is 0. The van der Waals surface area contributed by atoms with Gasteiger partial charge in [-0.05, 0) is 30.3 Å². The van der Waals surface area contributed by atoms with E-state index >= 15 is 0 Å². The van der Waals surface area contributed by atoms with Crippen LogP contribution in [0.3, 0.4) is 0 Å². The lowest BCUT2D eigenvalue weighted by molar-refractivity contribution is 0.0944. The van der Waals surface area contributed by atoms with E-state index in [1.165, 1.54) is 12.4 Å². The van der Waals surface area contributed by atoms with Crippen molar-refractivity contribution in [3.05, 3.63) is 60.8 Å². The van der Waals surface area contributed by atoms with Gasteiger partial charge >= 0.3 is 0 Å². The van der Waals surface area contributed by atoms with E-state index in [0.29, 0.717) is 30.5 Å². The van der Waals surface area contributed by atoms with Crippen LogP contribution in [0.5, 0.6) is 0 Å². The number of hydrogen-bond acceptors (Lipinski definition) is 8. The lowest BCUT2D eigenvalue weighted by Crippen LogP contribution is -2.30. The Morgan fingerprint density at radius 2 is 1.56 bits per heavy atom. The van der Waals surface area contributed by atoms with Gasteiger partial charge in [0, 0.05) is 31.7 Å². The molecule has 3 heterocycles. The molecule has 25 heavy (non-hydrogen) atoms. The molecule has 9 nitrogen and oxygen atoms in total. The highest BCUT2D eigenvalue weighted by Crippen LogP contribution is 2.11. The molecule has 0 bridgehead atoms. The molecule has 0 saturated heterocycles. The normalized spacial score (nSPS) is 10.1. The molecule has 0 aromatic carbocycles. The van der Waals surface area contributed by atoms with Crippen molar-refractivity contribution in [2.75, 3.05) is 23.7 Å².